The average molecular weight is 518 g/mol. The maximum Gasteiger partial charge on any atom is 0.254 e. The lowest BCUT2D eigenvalue weighted by Gasteiger charge is -2.26. The number of nitrogens with zero attached hydrogens (tertiary/aromatic N) is 4. The molecule has 9 nitrogen and oxygen atoms in total. The van der Waals surface area contributed by atoms with Gasteiger partial charge in [0.15, 0.2) is 0 Å². The third kappa shape index (κ3) is 6.44. The zero-order valence-corrected chi connectivity index (χ0v) is 21.0. The predicted molar refractivity (Wildman–Crippen MR) is 147 cm³/mol. The van der Waals surface area contributed by atoms with Crippen molar-refractivity contribution in [2.75, 3.05) is 55.3 Å². The first-order valence-electron chi connectivity index (χ1n) is 12.2. The van der Waals surface area contributed by atoms with Crippen LogP contribution in [-0.4, -0.2) is 65.2 Å². The van der Waals surface area contributed by atoms with Crippen LogP contribution in [0.3, 0.4) is 0 Å². The summed E-state index contributed by atoms with van der Waals surface area (Å²) in [5.41, 5.74) is 3.37. The highest BCUT2D eigenvalue weighted by Gasteiger charge is 2.18. The quantitative estimate of drug-likeness (QED) is 0.272. The molecule has 0 spiro atoms. The second kappa shape index (κ2) is 11.9. The lowest BCUT2D eigenvalue weighted by Crippen LogP contribution is -2.40. The Labute approximate surface area is 220 Å². The van der Waals surface area contributed by atoms with E-state index < -0.39 is 0 Å². The third-order valence-electron chi connectivity index (χ3n) is 6.02. The summed E-state index contributed by atoms with van der Waals surface area (Å²) in [6.07, 6.45) is 4.38. The number of ether oxygens (including phenoxy) is 1. The first kappa shape index (κ1) is 24.7. The highest BCUT2D eigenvalue weighted by molar-refractivity contribution is 6.31. The fourth-order valence-electron chi connectivity index (χ4n) is 4.09. The van der Waals surface area contributed by atoms with Crippen LogP contribution in [0.5, 0.6) is 0 Å². The summed E-state index contributed by atoms with van der Waals surface area (Å²) in [7, 11) is 0. The normalized spacial score (nSPS) is 13.4. The van der Waals surface area contributed by atoms with Gasteiger partial charge in [-0.3, -0.25) is 9.78 Å². The number of amides is 1. The highest BCUT2D eigenvalue weighted by Crippen LogP contribution is 2.24. The summed E-state index contributed by atoms with van der Waals surface area (Å²) in [4.78, 5) is 27.7. The molecule has 3 heterocycles. The van der Waals surface area contributed by atoms with Gasteiger partial charge in [-0.1, -0.05) is 11.6 Å². The van der Waals surface area contributed by atoms with E-state index in [1.807, 2.05) is 59.5 Å². The molecule has 5 rings (SSSR count). The summed E-state index contributed by atoms with van der Waals surface area (Å²) in [6, 6.07) is 16.9. The van der Waals surface area contributed by atoms with E-state index in [9.17, 15) is 4.79 Å². The molecule has 3 N–H and O–H groups in total. The molecule has 0 atom stereocenters. The fourth-order valence-corrected chi connectivity index (χ4v) is 4.26. The van der Waals surface area contributed by atoms with Gasteiger partial charge in [-0.2, -0.15) is 4.98 Å². The van der Waals surface area contributed by atoms with Crippen molar-refractivity contribution in [2.45, 2.75) is 6.42 Å². The maximum absolute atomic E-state index is 12.6. The number of pyridine rings is 1. The van der Waals surface area contributed by atoms with Crippen LogP contribution in [0.25, 0.3) is 10.9 Å². The van der Waals surface area contributed by atoms with E-state index in [1.54, 1.807) is 12.4 Å². The number of halogens is 1. The summed E-state index contributed by atoms with van der Waals surface area (Å²) in [6.45, 7) is 3.95. The lowest BCUT2D eigenvalue weighted by molar-refractivity contribution is 0.0303. The number of benzene rings is 2. The van der Waals surface area contributed by atoms with E-state index in [2.05, 4.69) is 30.9 Å². The summed E-state index contributed by atoms with van der Waals surface area (Å²) in [5.74, 6) is 1.24. The predicted octanol–water partition coefficient (Wildman–Crippen LogP) is 4.81. The van der Waals surface area contributed by atoms with Gasteiger partial charge < -0.3 is 25.6 Å². The minimum absolute atomic E-state index is 0.0216. The molecule has 0 bridgehead atoms. The van der Waals surface area contributed by atoms with E-state index in [1.165, 1.54) is 0 Å². The van der Waals surface area contributed by atoms with E-state index in [-0.39, 0.29) is 5.91 Å². The van der Waals surface area contributed by atoms with Crippen LogP contribution in [0.2, 0.25) is 5.02 Å². The topological polar surface area (TPSA) is 104 Å². The van der Waals surface area contributed by atoms with Gasteiger partial charge in [0, 0.05) is 65.9 Å². The molecule has 0 aliphatic carbocycles. The zero-order valence-electron chi connectivity index (χ0n) is 20.3. The van der Waals surface area contributed by atoms with Crippen molar-refractivity contribution in [3.05, 3.63) is 77.6 Å². The van der Waals surface area contributed by atoms with Crippen molar-refractivity contribution in [2.24, 2.45) is 0 Å². The SMILES string of the molecule is O=C(c1ccc(Nc2nccc(NCCCNc3ccnc4cc(Cl)ccc34)n2)cc1)N1CCOCC1. The molecule has 0 radical (unpaired) electrons. The molecule has 1 fully saturated rings. The van der Waals surface area contributed by atoms with Gasteiger partial charge in [-0.15, -0.1) is 0 Å². The molecule has 2 aromatic heterocycles. The number of nitrogens with one attached hydrogen (secondary N) is 3. The molecular formula is C27H28ClN7O2. The van der Waals surface area contributed by atoms with Crippen LogP contribution in [0.4, 0.5) is 23.1 Å². The summed E-state index contributed by atoms with van der Waals surface area (Å²) >= 11 is 6.07. The van der Waals surface area contributed by atoms with Crippen LogP contribution in [-0.2, 0) is 4.74 Å². The first-order valence-corrected chi connectivity index (χ1v) is 12.6. The Morgan fingerprint density at radius 2 is 1.73 bits per heavy atom. The van der Waals surface area contributed by atoms with Gasteiger partial charge in [-0.05, 0) is 61.0 Å². The van der Waals surface area contributed by atoms with Crippen LogP contribution in [0.15, 0.2) is 67.0 Å². The number of rotatable bonds is 9. The fraction of sp³-hybridized carbons (Fsp3) is 0.259. The molecule has 0 unspecified atom stereocenters. The van der Waals surface area contributed by atoms with Crippen molar-refractivity contribution in [3.63, 3.8) is 0 Å². The summed E-state index contributed by atoms with van der Waals surface area (Å²) in [5, 5.41) is 11.7. The van der Waals surface area contributed by atoms with Gasteiger partial charge in [0.25, 0.3) is 5.91 Å². The molecule has 0 saturated carbocycles. The van der Waals surface area contributed by atoms with E-state index in [0.29, 0.717) is 42.8 Å². The molecule has 1 saturated heterocycles. The third-order valence-corrected chi connectivity index (χ3v) is 6.26. The Morgan fingerprint density at radius 3 is 2.57 bits per heavy atom. The molecule has 4 aromatic rings. The molecule has 1 aliphatic rings. The number of fused-ring (bicyclic) bond motifs is 1. The van der Waals surface area contributed by atoms with E-state index in [0.717, 1.165) is 47.6 Å². The first-order chi connectivity index (χ1) is 18.2. The molecule has 10 heteroatoms. The van der Waals surface area contributed by atoms with E-state index >= 15 is 0 Å². The van der Waals surface area contributed by atoms with Gasteiger partial charge >= 0.3 is 0 Å². The molecule has 1 amide bonds. The maximum atomic E-state index is 12.6. The van der Waals surface area contributed by atoms with Gasteiger partial charge in [-0.25, -0.2) is 4.98 Å². The standard InChI is InChI=1S/C27H28ClN7O2/c28-20-4-7-22-23(8-12-30-24(22)18-20)29-10-1-11-31-25-9-13-32-27(34-25)33-21-5-2-19(3-6-21)26(36)35-14-16-37-17-15-35/h2-9,12-13,18H,1,10-11,14-17H2,(H,29,30)(H2,31,32,33,34). The lowest BCUT2D eigenvalue weighted by atomic mass is 10.1. The Bertz CT molecular complexity index is 1360. The van der Waals surface area contributed by atoms with Crippen molar-refractivity contribution in [1.82, 2.24) is 19.9 Å². The smallest absolute Gasteiger partial charge is 0.254 e. The Kier molecular flexibility index (Phi) is 7.93. The number of anilines is 4. The highest BCUT2D eigenvalue weighted by atomic mass is 35.5. The van der Waals surface area contributed by atoms with Crippen molar-refractivity contribution >= 4 is 51.6 Å². The second-order valence-corrected chi connectivity index (χ2v) is 9.04. The molecule has 2 aromatic carbocycles. The number of morpholine rings is 1. The van der Waals surface area contributed by atoms with Crippen molar-refractivity contribution < 1.29 is 9.53 Å². The molecule has 1 aliphatic heterocycles. The van der Waals surface area contributed by atoms with Crippen LogP contribution in [0, 0.1) is 0 Å². The second-order valence-electron chi connectivity index (χ2n) is 8.60. The van der Waals surface area contributed by atoms with Crippen molar-refractivity contribution in [1.29, 1.82) is 0 Å². The Morgan fingerprint density at radius 1 is 0.946 bits per heavy atom. The number of carbonyl (C=O) groups is 1. The Balaban J connectivity index is 1.10. The number of hydrogen-bond donors (Lipinski definition) is 3. The number of carbonyl (C=O) groups excluding carboxylic acids is 1. The van der Waals surface area contributed by atoms with Crippen LogP contribution in [0.1, 0.15) is 16.8 Å². The molecular weight excluding hydrogens is 490 g/mol. The number of hydrogen-bond acceptors (Lipinski definition) is 8. The minimum atomic E-state index is 0.0216. The number of aromatic nitrogens is 3. The van der Waals surface area contributed by atoms with Gasteiger partial charge in [0.05, 0.1) is 18.7 Å². The summed E-state index contributed by atoms with van der Waals surface area (Å²) < 4.78 is 5.32. The van der Waals surface area contributed by atoms with Crippen LogP contribution < -0.4 is 16.0 Å². The monoisotopic (exact) mass is 517 g/mol. The zero-order chi connectivity index (χ0) is 25.5. The molecule has 190 valence electrons. The van der Waals surface area contributed by atoms with Gasteiger partial charge in [0.1, 0.15) is 5.82 Å². The Hall–Kier alpha value is -3.95. The van der Waals surface area contributed by atoms with Crippen LogP contribution >= 0.6 is 11.6 Å². The average Bonchev–Trinajstić information content (AvgIpc) is 2.93. The van der Waals surface area contributed by atoms with Crippen molar-refractivity contribution in [3.8, 4) is 0 Å². The largest absolute Gasteiger partial charge is 0.384 e. The van der Waals surface area contributed by atoms with E-state index in [4.69, 9.17) is 16.3 Å². The molecule has 37 heavy (non-hydrogen) atoms. The minimum Gasteiger partial charge on any atom is -0.384 e. The van der Waals surface area contributed by atoms with Gasteiger partial charge in [0.2, 0.25) is 5.95 Å².